The number of benzene rings is 2. The summed E-state index contributed by atoms with van der Waals surface area (Å²) in [6, 6.07) is 19.9. The van der Waals surface area contributed by atoms with Crippen LogP contribution in [0.5, 0.6) is 0 Å². The summed E-state index contributed by atoms with van der Waals surface area (Å²) in [6.45, 7) is 2.80. The molecule has 0 unspecified atom stereocenters. The molecule has 2 nitrogen and oxygen atoms in total. The second-order valence-corrected chi connectivity index (χ2v) is 9.37. The number of carbonyl (C=O) groups is 1. The quantitative estimate of drug-likeness (QED) is 0.157. The maximum atomic E-state index is 12.9. The van der Waals surface area contributed by atoms with E-state index in [1.807, 2.05) is 60.7 Å². The Labute approximate surface area is 203 Å². The van der Waals surface area contributed by atoms with Crippen molar-refractivity contribution >= 4 is 5.97 Å². The van der Waals surface area contributed by atoms with Gasteiger partial charge in [-0.2, -0.15) is 0 Å². The molecule has 2 aromatic carbocycles. The van der Waals surface area contributed by atoms with Crippen LogP contribution in [0.15, 0.2) is 60.7 Å². The number of ether oxygens (including phenoxy) is 1. The van der Waals surface area contributed by atoms with Crippen molar-refractivity contribution < 1.29 is 9.53 Å². The molecule has 0 N–H and O–H groups in total. The summed E-state index contributed by atoms with van der Waals surface area (Å²) in [5, 5.41) is 0. The predicted octanol–water partition coefficient (Wildman–Crippen LogP) is 9.23. The molecule has 0 aliphatic heterocycles. The lowest BCUT2D eigenvalue weighted by Gasteiger charge is -2.17. The van der Waals surface area contributed by atoms with E-state index in [1.165, 1.54) is 83.5 Å². The Morgan fingerprint density at radius 1 is 0.576 bits per heavy atom. The van der Waals surface area contributed by atoms with Gasteiger partial charge >= 0.3 is 5.97 Å². The van der Waals surface area contributed by atoms with Gasteiger partial charge in [0.05, 0.1) is 6.61 Å². The van der Waals surface area contributed by atoms with Gasteiger partial charge in [0.15, 0.2) is 0 Å². The van der Waals surface area contributed by atoms with E-state index in [2.05, 4.69) is 6.92 Å². The van der Waals surface area contributed by atoms with Crippen LogP contribution < -0.4 is 0 Å². The molecule has 0 atom stereocenters. The standard InChI is InChI=1S/C31H46O2/c1-2-3-4-5-6-7-8-9-10-11-12-13-14-15-22-27-33-31(32)30(28-23-18-16-19-24-28)29-25-20-17-21-26-29/h16-21,23-26,30H,2-15,22,27H2,1H3. The molecular weight excluding hydrogens is 404 g/mol. The number of carbonyl (C=O) groups excluding carboxylic acids is 1. The van der Waals surface area contributed by atoms with Crippen LogP contribution in [-0.4, -0.2) is 12.6 Å². The molecule has 0 saturated heterocycles. The minimum Gasteiger partial charge on any atom is -0.465 e. The van der Waals surface area contributed by atoms with Gasteiger partial charge < -0.3 is 4.74 Å². The largest absolute Gasteiger partial charge is 0.465 e. The maximum Gasteiger partial charge on any atom is 0.317 e. The molecule has 2 aromatic rings. The monoisotopic (exact) mass is 450 g/mol. The van der Waals surface area contributed by atoms with Crippen LogP contribution in [0.2, 0.25) is 0 Å². The molecule has 0 aromatic heterocycles. The molecule has 0 radical (unpaired) electrons. The topological polar surface area (TPSA) is 26.3 Å². The first-order chi connectivity index (χ1) is 16.3. The highest BCUT2D eigenvalue weighted by Crippen LogP contribution is 2.26. The fraction of sp³-hybridized carbons (Fsp3) is 0.581. The zero-order valence-corrected chi connectivity index (χ0v) is 21.0. The van der Waals surface area contributed by atoms with Crippen LogP contribution in [-0.2, 0) is 9.53 Å². The fourth-order valence-electron chi connectivity index (χ4n) is 4.49. The van der Waals surface area contributed by atoms with Crippen molar-refractivity contribution in [2.24, 2.45) is 0 Å². The third-order valence-electron chi connectivity index (χ3n) is 6.49. The predicted molar refractivity (Wildman–Crippen MR) is 141 cm³/mol. The van der Waals surface area contributed by atoms with Crippen LogP contribution in [0, 0.1) is 0 Å². The first kappa shape index (κ1) is 27.2. The third kappa shape index (κ3) is 12.1. The molecule has 0 aliphatic rings. The van der Waals surface area contributed by atoms with Crippen molar-refractivity contribution in [3.63, 3.8) is 0 Å². The molecule has 2 rings (SSSR count). The van der Waals surface area contributed by atoms with Crippen LogP contribution in [0.3, 0.4) is 0 Å². The number of hydrogen-bond acceptors (Lipinski definition) is 2. The van der Waals surface area contributed by atoms with Gasteiger partial charge in [-0.1, -0.05) is 157 Å². The second-order valence-electron chi connectivity index (χ2n) is 9.37. The van der Waals surface area contributed by atoms with E-state index >= 15 is 0 Å². The minimum atomic E-state index is -0.344. The molecule has 33 heavy (non-hydrogen) atoms. The van der Waals surface area contributed by atoms with Crippen molar-refractivity contribution in [3.8, 4) is 0 Å². The Morgan fingerprint density at radius 2 is 0.939 bits per heavy atom. The Morgan fingerprint density at radius 3 is 1.33 bits per heavy atom. The maximum absolute atomic E-state index is 12.9. The van der Waals surface area contributed by atoms with E-state index in [-0.39, 0.29) is 11.9 Å². The highest BCUT2D eigenvalue weighted by Gasteiger charge is 2.23. The number of rotatable bonds is 19. The molecule has 2 heteroatoms. The minimum absolute atomic E-state index is 0.141. The lowest BCUT2D eigenvalue weighted by molar-refractivity contribution is -0.144. The molecule has 182 valence electrons. The molecule has 0 spiro atoms. The molecular formula is C31H46O2. The van der Waals surface area contributed by atoms with Crippen molar-refractivity contribution in [1.82, 2.24) is 0 Å². The van der Waals surface area contributed by atoms with Gasteiger partial charge in [-0.05, 0) is 17.5 Å². The summed E-state index contributed by atoms with van der Waals surface area (Å²) < 4.78 is 5.69. The molecule has 0 bridgehead atoms. The molecule has 0 amide bonds. The highest BCUT2D eigenvalue weighted by molar-refractivity contribution is 5.82. The van der Waals surface area contributed by atoms with Crippen molar-refractivity contribution in [2.45, 2.75) is 109 Å². The summed E-state index contributed by atoms with van der Waals surface area (Å²) >= 11 is 0. The van der Waals surface area contributed by atoms with Gasteiger partial charge in [0.1, 0.15) is 5.92 Å². The van der Waals surface area contributed by atoms with Crippen LogP contribution in [0.25, 0.3) is 0 Å². The average molecular weight is 451 g/mol. The number of esters is 1. The average Bonchev–Trinajstić information content (AvgIpc) is 2.85. The summed E-state index contributed by atoms with van der Waals surface area (Å²) in [6.07, 6.45) is 20.1. The number of hydrogen-bond donors (Lipinski definition) is 0. The number of unbranched alkanes of at least 4 members (excludes halogenated alkanes) is 14. The van der Waals surface area contributed by atoms with Crippen LogP contribution in [0.1, 0.15) is 120 Å². The van der Waals surface area contributed by atoms with Crippen molar-refractivity contribution in [1.29, 1.82) is 0 Å². The van der Waals surface area contributed by atoms with E-state index in [0.717, 1.165) is 24.0 Å². The highest BCUT2D eigenvalue weighted by atomic mass is 16.5. The van der Waals surface area contributed by atoms with E-state index in [1.54, 1.807) is 0 Å². The third-order valence-corrected chi connectivity index (χ3v) is 6.49. The van der Waals surface area contributed by atoms with E-state index in [9.17, 15) is 4.79 Å². The van der Waals surface area contributed by atoms with Crippen molar-refractivity contribution in [3.05, 3.63) is 71.8 Å². The zero-order valence-electron chi connectivity index (χ0n) is 21.0. The van der Waals surface area contributed by atoms with Gasteiger partial charge in [0.25, 0.3) is 0 Å². The van der Waals surface area contributed by atoms with E-state index < -0.39 is 0 Å². The first-order valence-electron chi connectivity index (χ1n) is 13.6. The first-order valence-corrected chi connectivity index (χ1v) is 13.6. The summed E-state index contributed by atoms with van der Waals surface area (Å²) in [5.74, 6) is -0.485. The Bertz CT molecular complexity index is 671. The second kappa shape index (κ2) is 18.3. The van der Waals surface area contributed by atoms with Gasteiger partial charge in [0, 0.05) is 0 Å². The molecule has 0 heterocycles. The van der Waals surface area contributed by atoms with Crippen molar-refractivity contribution in [2.75, 3.05) is 6.61 Å². The van der Waals surface area contributed by atoms with Gasteiger partial charge in [-0.15, -0.1) is 0 Å². The van der Waals surface area contributed by atoms with Crippen LogP contribution in [0.4, 0.5) is 0 Å². The van der Waals surface area contributed by atoms with E-state index in [4.69, 9.17) is 4.74 Å². The lowest BCUT2D eigenvalue weighted by Crippen LogP contribution is -2.18. The van der Waals surface area contributed by atoms with E-state index in [0.29, 0.717) is 6.61 Å². The summed E-state index contributed by atoms with van der Waals surface area (Å²) in [4.78, 5) is 12.9. The molecule has 0 fully saturated rings. The Hall–Kier alpha value is -2.09. The SMILES string of the molecule is CCCCCCCCCCCCCCCCCOC(=O)C(c1ccccc1)c1ccccc1. The Kier molecular flexibility index (Phi) is 15.1. The van der Waals surface area contributed by atoms with Gasteiger partial charge in [-0.25, -0.2) is 0 Å². The normalized spacial score (nSPS) is 11.1. The lowest BCUT2D eigenvalue weighted by atomic mass is 9.91. The summed E-state index contributed by atoms with van der Waals surface area (Å²) in [7, 11) is 0. The summed E-state index contributed by atoms with van der Waals surface area (Å²) in [5.41, 5.74) is 1.98. The molecule has 0 aliphatic carbocycles. The van der Waals surface area contributed by atoms with Gasteiger partial charge in [-0.3, -0.25) is 4.79 Å². The van der Waals surface area contributed by atoms with Gasteiger partial charge in [0.2, 0.25) is 0 Å². The fourth-order valence-corrected chi connectivity index (χ4v) is 4.49. The zero-order chi connectivity index (χ0) is 23.4. The Balaban J connectivity index is 1.50. The van der Waals surface area contributed by atoms with Crippen LogP contribution >= 0.6 is 0 Å². The smallest absolute Gasteiger partial charge is 0.317 e. The molecule has 0 saturated carbocycles.